The second-order valence-electron chi connectivity index (χ2n) is 4.93. The zero-order chi connectivity index (χ0) is 13.0. The fraction of sp³-hybridized carbons (Fsp3) is 0.400. The van der Waals surface area contributed by atoms with Gasteiger partial charge < -0.3 is 9.84 Å². The zero-order valence-electron chi connectivity index (χ0n) is 11.2. The van der Waals surface area contributed by atoms with Crippen LogP contribution in [0.5, 0.6) is 0 Å². The molecule has 0 radical (unpaired) electrons. The molecule has 0 fully saturated rings. The summed E-state index contributed by atoms with van der Waals surface area (Å²) in [6.45, 7) is 6.21. The molecule has 3 nitrogen and oxygen atoms in total. The molecule has 1 atom stereocenters. The minimum Gasteiger partial charge on any atom is -0.361 e. The van der Waals surface area contributed by atoms with Crippen LogP contribution in [0.3, 0.4) is 0 Å². The van der Waals surface area contributed by atoms with Gasteiger partial charge in [-0.2, -0.15) is 0 Å². The lowest BCUT2D eigenvalue weighted by atomic mass is 10.0. The number of aryl methyl sites for hydroxylation is 1. The number of aromatic nitrogens is 1. The Morgan fingerprint density at radius 2 is 1.94 bits per heavy atom. The lowest BCUT2D eigenvalue weighted by Gasteiger charge is -2.19. The lowest BCUT2D eigenvalue weighted by Crippen LogP contribution is -2.29. The minimum atomic E-state index is 0.199. The van der Waals surface area contributed by atoms with Gasteiger partial charge in [-0.1, -0.05) is 49.3 Å². The Morgan fingerprint density at radius 3 is 2.50 bits per heavy atom. The molecule has 0 unspecified atom stereocenters. The summed E-state index contributed by atoms with van der Waals surface area (Å²) in [6, 6.07) is 13.1. The maximum absolute atomic E-state index is 5.17. The number of hydrogen-bond acceptors (Lipinski definition) is 3. The van der Waals surface area contributed by atoms with Crippen LogP contribution in [0, 0.1) is 6.92 Å². The van der Waals surface area contributed by atoms with Gasteiger partial charge in [-0.25, -0.2) is 0 Å². The fourth-order valence-electron chi connectivity index (χ4n) is 2.05. The number of benzene rings is 1. The van der Waals surface area contributed by atoms with Crippen LogP contribution in [0.25, 0.3) is 0 Å². The topological polar surface area (TPSA) is 38.1 Å². The van der Waals surface area contributed by atoms with Crippen molar-refractivity contribution in [3.8, 4) is 0 Å². The summed E-state index contributed by atoms with van der Waals surface area (Å²) >= 11 is 0. The molecule has 2 rings (SSSR count). The first kappa shape index (κ1) is 12.8. The third-order valence-electron chi connectivity index (χ3n) is 2.82. The first-order valence-electron chi connectivity index (χ1n) is 6.38. The number of nitrogens with one attached hydrogen (secondary N) is 1. The Morgan fingerprint density at radius 1 is 1.22 bits per heavy atom. The highest BCUT2D eigenvalue weighted by atomic mass is 16.5. The van der Waals surface area contributed by atoms with Crippen LogP contribution in [0.1, 0.15) is 36.9 Å². The maximum atomic E-state index is 5.17. The molecule has 96 valence electrons. The molecule has 0 aliphatic rings. The Kier molecular flexibility index (Phi) is 4.15. The molecular weight excluding hydrogens is 224 g/mol. The van der Waals surface area contributed by atoms with Crippen molar-refractivity contribution in [3.63, 3.8) is 0 Å². The van der Waals surface area contributed by atoms with E-state index in [4.69, 9.17) is 4.52 Å². The van der Waals surface area contributed by atoms with Gasteiger partial charge in [0.25, 0.3) is 0 Å². The Bertz CT molecular complexity index is 476. The van der Waals surface area contributed by atoms with E-state index in [0.29, 0.717) is 6.04 Å². The largest absolute Gasteiger partial charge is 0.361 e. The summed E-state index contributed by atoms with van der Waals surface area (Å²) in [4.78, 5) is 0. The van der Waals surface area contributed by atoms with E-state index in [-0.39, 0.29) is 6.04 Å². The molecule has 1 aromatic heterocycles. The number of hydrogen-bond donors (Lipinski definition) is 1. The molecule has 3 heteroatoms. The fourth-order valence-corrected chi connectivity index (χ4v) is 2.05. The van der Waals surface area contributed by atoms with E-state index in [1.54, 1.807) is 0 Å². The SMILES string of the molecule is Cc1cc([C@H](Cc2ccccc2)NC(C)C)no1. The van der Waals surface area contributed by atoms with Crippen molar-refractivity contribution in [3.05, 3.63) is 53.4 Å². The minimum absolute atomic E-state index is 0.199. The molecule has 0 saturated heterocycles. The molecular formula is C15H20N2O. The van der Waals surface area contributed by atoms with Gasteiger partial charge in [-0.3, -0.25) is 0 Å². The highest BCUT2D eigenvalue weighted by Crippen LogP contribution is 2.19. The van der Waals surface area contributed by atoms with Crippen LogP contribution >= 0.6 is 0 Å². The van der Waals surface area contributed by atoms with Crippen molar-refractivity contribution < 1.29 is 4.52 Å². The van der Waals surface area contributed by atoms with Crippen molar-refractivity contribution in [2.24, 2.45) is 0 Å². The molecule has 0 saturated carbocycles. The van der Waals surface area contributed by atoms with Gasteiger partial charge in [0.1, 0.15) is 11.5 Å². The predicted octanol–water partition coefficient (Wildman–Crippen LogP) is 3.26. The van der Waals surface area contributed by atoms with Crippen LogP contribution < -0.4 is 5.32 Å². The average Bonchev–Trinajstić information content (AvgIpc) is 2.76. The molecule has 0 bridgehead atoms. The molecule has 1 N–H and O–H groups in total. The summed E-state index contributed by atoms with van der Waals surface area (Å²) < 4.78 is 5.17. The van der Waals surface area contributed by atoms with E-state index >= 15 is 0 Å². The summed E-state index contributed by atoms with van der Waals surface area (Å²) in [7, 11) is 0. The number of nitrogens with zero attached hydrogens (tertiary/aromatic N) is 1. The van der Waals surface area contributed by atoms with Crippen molar-refractivity contribution in [1.82, 2.24) is 10.5 Å². The van der Waals surface area contributed by atoms with Crippen molar-refractivity contribution in [2.45, 2.75) is 39.3 Å². The highest BCUT2D eigenvalue weighted by molar-refractivity contribution is 5.19. The molecule has 18 heavy (non-hydrogen) atoms. The van der Waals surface area contributed by atoms with Crippen LogP contribution in [-0.2, 0) is 6.42 Å². The quantitative estimate of drug-likeness (QED) is 0.877. The second-order valence-corrected chi connectivity index (χ2v) is 4.93. The second kappa shape index (κ2) is 5.83. The number of rotatable bonds is 5. The third-order valence-corrected chi connectivity index (χ3v) is 2.82. The monoisotopic (exact) mass is 244 g/mol. The third kappa shape index (κ3) is 3.44. The summed E-state index contributed by atoms with van der Waals surface area (Å²) in [5.41, 5.74) is 2.28. The molecule has 0 aliphatic heterocycles. The Balaban J connectivity index is 2.15. The first-order chi connectivity index (χ1) is 8.65. The molecule has 0 aliphatic carbocycles. The zero-order valence-corrected chi connectivity index (χ0v) is 11.2. The van der Waals surface area contributed by atoms with Crippen LogP contribution in [0.2, 0.25) is 0 Å². The highest BCUT2D eigenvalue weighted by Gasteiger charge is 2.16. The molecule has 2 aromatic rings. The Labute approximate surface area is 108 Å². The van der Waals surface area contributed by atoms with E-state index in [0.717, 1.165) is 17.9 Å². The van der Waals surface area contributed by atoms with E-state index in [2.05, 4.69) is 48.6 Å². The molecule has 0 amide bonds. The van der Waals surface area contributed by atoms with Crippen LogP contribution in [-0.4, -0.2) is 11.2 Å². The molecule has 1 heterocycles. The van der Waals surface area contributed by atoms with Gasteiger partial charge in [-0.05, 0) is 18.9 Å². The first-order valence-corrected chi connectivity index (χ1v) is 6.38. The smallest absolute Gasteiger partial charge is 0.133 e. The Hall–Kier alpha value is -1.61. The van der Waals surface area contributed by atoms with Gasteiger partial charge in [0.05, 0.1) is 6.04 Å². The normalized spacial score (nSPS) is 12.9. The van der Waals surface area contributed by atoms with E-state index in [1.807, 2.05) is 19.1 Å². The van der Waals surface area contributed by atoms with E-state index < -0.39 is 0 Å². The molecule has 0 spiro atoms. The van der Waals surface area contributed by atoms with E-state index in [9.17, 15) is 0 Å². The lowest BCUT2D eigenvalue weighted by molar-refractivity contribution is 0.371. The predicted molar refractivity (Wildman–Crippen MR) is 72.4 cm³/mol. The van der Waals surface area contributed by atoms with Gasteiger partial charge >= 0.3 is 0 Å². The molecule has 1 aromatic carbocycles. The maximum Gasteiger partial charge on any atom is 0.133 e. The van der Waals surface area contributed by atoms with Gasteiger partial charge in [0.2, 0.25) is 0 Å². The van der Waals surface area contributed by atoms with Gasteiger partial charge in [0, 0.05) is 12.1 Å². The summed E-state index contributed by atoms with van der Waals surface area (Å²) in [5, 5.41) is 7.66. The van der Waals surface area contributed by atoms with Gasteiger partial charge in [-0.15, -0.1) is 0 Å². The summed E-state index contributed by atoms with van der Waals surface area (Å²) in [5.74, 6) is 0.855. The average molecular weight is 244 g/mol. The standard InChI is InChI=1S/C15H20N2O/c1-11(2)16-14(15-9-12(3)18-17-15)10-13-7-5-4-6-8-13/h4-9,11,14,16H,10H2,1-3H3/t14-/m0/s1. The van der Waals surface area contributed by atoms with Crippen LogP contribution in [0.4, 0.5) is 0 Å². The summed E-state index contributed by atoms with van der Waals surface area (Å²) in [6.07, 6.45) is 0.922. The van der Waals surface area contributed by atoms with Crippen molar-refractivity contribution >= 4 is 0 Å². The van der Waals surface area contributed by atoms with Crippen molar-refractivity contribution in [2.75, 3.05) is 0 Å². The van der Waals surface area contributed by atoms with Gasteiger partial charge in [0.15, 0.2) is 0 Å². The van der Waals surface area contributed by atoms with Crippen LogP contribution in [0.15, 0.2) is 40.9 Å². The van der Waals surface area contributed by atoms with Crippen molar-refractivity contribution in [1.29, 1.82) is 0 Å². The van der Waals surface area contributed by atoms with E-state index in [1.165, 1.54) is 5.56 Å².